The summed E-state index contributed by atoms with van der Waals surface area (Å²) in [7, 11) is 0. The fourth-order valence-electron chi connectivity index (χ4n) is 2.06. The van der Waals surface area contributed by atoms with E-state index in [1.165, 1.54) is 0 Å². The van der Waals surface area contributed by atoms with Gasteiger partial charge in [-0.15, -0.1) is 0 Å². The van der Waals surface area contributed by atoms with E-state index in [0.29, 0.717) is 14.5 Å². The van der Waals surface area contributed by atoms with Crippen LogP contribution in [0.5, 0.6) is 0 Å². The van der Waals surface area contributed by atoms with Crippen molar-refractivity contribution in [3.05, 3.63) is 62.2 Å². The van der Waals surface area contributed by atoms with Crippen LogP contribution in [0.1, 0.15) is 5.56 Å². The van der Waals surface area contributed by atoms with Crippen molar-refractivity contribution in [2.45, 2.75) is 0 Å². The molecule has 0 spiro atoms. The fourth-order valence-corrected chi connectivity index (χ4v) is 2.51. The van der Waals surface area contributed by atoms with E-state index in [2.05, 4.69) is 16.0 Å². The Bertz CT molecular complexity index is 892. The Balaban J connectivity index is 2.29. The molecule has 1 N–H and O–H groups in total. The number of pyridine rings is 2. The first kappa shape index (κ1) is 12.8. The Morgan fingerprint density at radius 2 is 1.95 bits per heavy atom. The van der Waals surface area contributed by atoms with Crippen molar-refractivity contribution >= 4 is 33.5 Å². The van der Waals surface area contributed by atoms with Gasteiger partial charge in [-0.25, -0.2) is 0 Å². The average molecular weight is 373 g/mol. The number of hydrogen-bond acceptors (Lipinski definition) is 3. The van der Waals surface area contributed by atoms with Crippen molar-refractivity contribution in [3.8, 4) is 17.2 Å². The molecule has 5 heteroatoms. The van der Waals surface area contributed by atoms with E-state index in [4.69, 9.17) is 5.26 Å². The normalized spacial score (nSPS) is 10.4. The van der Waals surface area contributed by atoms with E-state index in [1.807, 2.05) is 34.7 Å². The van der Waals surface area contributed by atoms with E-state index in [-0.39, 0.29) is 5.43 Å². The first-order chi connectivity index (χ1) is 9.70. The topological polar surface area (TPSA) is 69.5 Å². The second-order valence-corrected chi connectivity index (χ2v) is 5.43. The van der Waals surface area contributed by atoms with Crippen LogP contribution in [0.2, 0.25) is 0 Å². The Labute approximate surface area is 128 Å². The van der Waals surface area contributed by atoms with Gasteiger partial charge in [0.2, 0.25) is 5.43 Å². The summed E-state index contributed by atoms with van der Waals surface area (Å²) in [6.07, 6.45) is 4.98. The van der Waals surface area contributed by atoms with Crippen molar-refractivity contribution in [2.24, 2.45) is 0 Å². The summed E-state index contributed by atoms with van der Waals surface area (Å²) in [6, 6.07) is 9.29. The molecule has 0 unspecified atom stereocenters. The van der Waals surface area contributed by atoms with Gasteiger partial charge in [-0.3, -0.25) is 9.78 Å². The Morgan fingerprint density at radius 1 is 1.20 bits per heavy atom. The van der Waals surface area contributed by atoms with Gasteiger partial charge in [-0.2, -0.15) is 5.26 Å². The standard InChI is InChI=1S/C15H8IN3O/c16-13-8-19-14-11(6-18-7-12(14)15(13)20)10-3-1-9(5-17)2-4-10/h1-4,6-8H,(H,19,20). The lowest BCUT2D eigenvalue weighted by molar-refractivity contribution is 1.30. The average Bonchev–Trinajstić information content (AvgIpc) is 2.51. The lowest BCUT2D eigenvalue weighted by Crippen LogP contribution is -2.07. The summed E-state index contributed by atoms with van der Waals surface area (Å²) < 4.78 is 0.633. The van der Waals surface area contributed by atoms with Gasteiger partial charge < -0.3 is 4.98 Å². The molecule has 4 nitrogen and oxygen atoms in total. The summed E-state index contributed by atoms with van der Waals surface area (Å²) >= 11 is 2.00. The van der Waals surface area contributed by atoms with E-state index in [0.717, 1.165) is 16.6 Å². The van der Waals surface area contributed by atoms with Crippen LogP contribution in [-0.4, -0.2) is 9.97 Å². The molecule has 20 heavy (non-hydrogen) atoms. The number of nitriles is 1. The smallest absolute Gasteiger partial charge is 0.204 e. The fraction of sp³-hybridized carbons (Fsp3) is 0. The predicted octanol–water partition coefficient (Wildman–Crippen LogP) is 3.07. The Morgan fingerprint density at radius 3 is 2.65 bits per heavy atom. The zero-order chi connectivity index (χ0) is 14.1. The molecule has 3 aromatic rings. The molecule has 0 bridgehead atoms. The van der Waals surface area contributed by atoms with E-state index in [1.54, 1.807) is 30.7 Å². The number of aromatic amines is 1. The molecular weight excluding hydrogens is 365 g/mol. The highest BCUT2D eigenvalue weighted by atomic mass is 127. The zero-order valence-corrected chi connectivity index (χ0v) is 12.4. The van der Waals surface area contributed by atoms with Gasteiger partial charge in [0.15, 0.2) is 0 Å². The van der Waals surface area contributed by atoms with Gasteiger partial charge in [-0.1, -0.05) is 12.1 Å². The molecule has 3 rings (SSSR count). The second kappa shape index (κ2) is 5.06. The van der Waals surface area contributed by atoms with Crippen LogP contribution in [0.3, 0.4) is 0 Å². The number of fused-ring (bicyclic) bond motifs is 1. The number of aromatic nitrogens is 2. The van der Waals surface area contributed by atoms with Crippen LogP contribution in [-0.2, 0) is 0 Å². The molecule has 96 valence electrons. The lowest BCUT2D eigenvalue weighted by atomic mass is 10.0. The number of rotatable bonds is 1. The molecule has 0 saturated carbocycles. The summed E-state index contributed by atoms with van der Waals surface area (Å²) in [5.74, 6) is 0. The van der Waals surface area contributed by atoms with E-state index >= 15 is 0 Å². The highest BCUT2D eigenvalue weighted by molar-refractivity contribution is 14.1. The number of nitrogens with zero attached hydrogens (tertiary/aromatic N) is 2. The summed E-state index contributed by atoms with van der Waals surface area (Å²) in [5.41, 5.74) is 3.10. The van der Waals surface area contributed by atoms with Crippen LogP contribution in [0.15, 0.2) is 47.7 Å². The van der Waals surface area contributed by atoms with Crippen LogP contribution in [0.4, 0.5) is 0 Å². The van der Waals surface area contributed by atoms with E-state index in [9.17, 15) is 4.79 Å². The highest BCUT2D eigenvalue weighted by Crippen LogP contribution is 2.25. The first-order valence-corrected chi connectivity index (χ1v) is 6.94. The minimum Gasteiger partial charge on any atom is -0.359 e. The van der Waals surface area contributed by atoms with Crippen LogP contribution < -0.4 is 5.43 Å². The van der Waals surface area contributed by atoms with Crippen molar-refractivity contribution in [2.75, 3.05) is 0 Å². The molecule has 0 aliphatic heterocycles. The number of H-pyrrole nitrogens is 1. The van der Waals surface area contributed by atoms with Gasteiger partial charge in [0.05, 0.1) is 26.1 Å². The summed E-state index contributed by atoms with van der Waals surface area (Å²) in [4.78, 5) is 19.4. The molecule has 2 aromatic heterocycles. The van der Waals surface area contributed by atoms with Gasteiger partial charge in [-0.05, 0) is 40.3 Å². The second-order valence-electron chi connectivity index (χ2n) is 4.26. The van der Waals surface area contributed by atoms with Crippen LogP contribution >= 0.6 is 22.6 Å². The molecular formula is C15H8IN3O. The molecule has 1 aromatic carbocycles. The van der Waals surface area contributed by atoms with Gasteiger partial charge in [0, 0.05) is 24.2 Å². The number of halogens is 1. The SMILES string of the molecule is N#Cc1ccc(-c2cncc3c(=O)c(I)c[nH]c23)cc1. The maximum Gasteiger partial charge on any atom is 0.204 e. The van der Waals surface area contributed by atoms with Crippen LogP contribution in [0, 0.1) is 14.9 Å². The third-order valence-corrected chi connectivity index (χ3v) is 3.88. The minimum atomic E-state index is -0.0256. The Hall–Kier alpha value is -2.20. The predicted molar refractivity (Wildman–Crippen MR) is 85.2 cm³/mol. The number of benzene rings is 1. The molecule has 0 saturated heterocycles. The minimum absolute atomic E-state index is 0.0256. The third kappa shape index (κ3) is 2.08. The lowest BCUT2D eigenvalue weighted by Gasteiger charge is -2.06. The molecule has 0 fully saturated rings. The van der Waals surface area contributed by atoms with Crippen molar-refractivity contribution < 1.29 is 0 Å². The van der Waals surface area contributed by atoms with Crippen molar-refractivity contribution in [1.82, 2.24) is 9.97 Å². The van der Waals surface area contributed by atoms with Crippen molar-refractivity contribution in [3.63, 3.8) is 0 Å². The molecule has 0 aliphatic rings. The first-order valence-electron chi connectivity index (χ1n) is 5.86. The molecule has 0 aliphatic carbocycles. The number of nitrogens with one attached hydrogen (secondary N) is 1. The maximum atomic E-state index is 12.1. The summed E-state index contributed by atoms with van der Waals surface area (Å²) in [6.45, 7) is 0. The van der Waals surface area contributed by atoms with E-state index < -0.39 is 0 Å². The zero-order valence-electron chi connectivity index (χ0n) is 10.2. The van der Waals surface area contributed by atoms with Crippen molar-refractivity contribution in [1.29, 1.82) is 5.26 Å². The monoisotopic (exact) mass is 373 g/mol. The maximum absolute atomic E-state index is 12.1. The quantitative estimate of drug-likeness (QED) is 0.667. The van der Waals surface area contributed by atoms with Gasteiger partial charge >= 0.3 is 0 Å². The molecule has 2 heterocycles. The van der Waals surface area contributed by atoms with Gasteiger partial charge in [0.25, 0.3) is 0 Å². The van der Waals surface area contributed by atoms with Gasteiger partial charge in [0.1, 0.15) is 0 Å². The largest absolute Gasteiger partial charge is 0.359 e. The Kier molecular flexibility index (Phi) is 3.24. The molecule has 0 amide bonds. The number of hydrogen-bond donors (Lipinski definition) is 1. The summed E-state index contributed by atoms with van der Waals surface area (Å²) in [5, 5.41) is 9.40. The van der Waals surface area contributed by atoms with Crippen LogP contribution in [0.25, 0.3) is 22.0 Å². The molecule has 0 radical (unpaired) electrons. The molecule has 0 atom stereocenters. The third-order valence-electron chi connectivity index (χ3n) is 3.08. The highest BCUT2D eigenvalue weighted by Gasteiger charge is 2.09.